The molecule has 4 rings (SSSR count). The van der Waals surface area contributed by atoms with Crippen LogP contribution in [0.2, 0.25) is 0 Å². The van der Waals surface area contributed by atoms with E-state index in [-0.39, 0.29) is 12.0 Å². The van der Waals surface area contributed by atoms with Crippen molar-refractivity contribution in [3.8, 4) is 0 Å². The lowest BCUT2D eigenvalue weighted by molar-refractivity contribution is 0.0527. The topological polar surface area (TPSA) is 78.3 Å². The first kappa shape index (κ1) is 18.4. The van der Waals surface area contributed by atoms with Gasteiger partial charge in [0, 0.05) is 25.5 Å². The van der Waals surface area contributed by atoms with Gasteiger partial charge < -0.3 is 14.8 Å². The predicted molar refractivity (Wildman–Crippen MR) is 106 cm³/mol. The summed E-state index contributed by atoms with van der Waals surface area (Å²) in [4.78, 5) is 17.0. The molecule has 7 heteroatoms. The summed E-state index contributed by atoms with van der Waals surface area (Å²) in [5.74, 6) is -0.373. The lowest BCUT2D eigenvalue weighted by Crippen LogP contribution is -2.29. The van der Waals surface area contributed by atoms with Crippen LogP contribution in [-0.4, -0.2) is 46.6 Å². The van der Waals surface area contributed by atoms with E-state index in [1.54, 1.807) is 19.3 Å². The van der Waals surface area contributed by atoms with Crippen molar-refractivity contribution in [2.24, 2.45) is 0 Å². The Bertz CT molecular complexity index is 949. The lowest BCUT2D eigenvalue weighted by atomic mass is 10.1. The number of carbonyl (C=O) groups excluding carboxylic acids is 1. The Labute approximate surface area is 163 Å². The van der Waals surface area contributed by atoms with Crippen molar-refractivity contribution in [1.29, 1.82) is 0 Å². The summed E-state index contributed by atoms with van der Waals surface area (Å²) in [5, 5.41) is 8.89. The summed E-state index contributed by atoms with van der Waals surface area (Å²) in [7, 11) is 0. The fourth-order valence-corrected chi connectivity index (χ4v) is 3.46. The molecule has 0 spiro atoms. The normalized spacial score (nSPS) is 14.9. The molecular weight excluding hydrogens is 356 g/mol. The molecule has 0 aliphatic carbocycles. The van der Waals surface area contributed by atoms with Gasteiger partial charge in [0.1, 0.15) is 5.56 Å². The van der Waals surface area contributed by atoms with Crippen LogP contribution in [0.4, 0.5) is 5.69 Å². The SMILES string of the molecule is CCOC(=O)c1cnc2c(cnn2Cc2ccccc2)c1NC1CCOCC1. The van der Waals surface area contributed by atoms with Gasteiger partial charge in [0.15, 0.2) is 5.65 Å². The molecule has 28 heavy (non-hydrogen) atoms. The van der Waals surface area contributed by atoms with E-state index in [0.29, 0.717) is 31.9 Å². The molecule has 2 aromatic heterocycles. The van der Waals surface area contributed by atoms with Gasteiger partial charge in [-0.1, -0.05) is 30.3 Å². The minimum absolute atomic E-state index is 0.241. The highest BCUT2D eigenvalue weighted by Crippen LogP contribution is 2.29. The van der Waals surface area contributed by atoms with Gasteiger partial charge in [-0.2, -0.15) is 5.10 Å². The first-order valence-electron chi connectivity index (χ1n) is 9.66. The van der Waals surface area contributed by atoms with Gasteiger partial charge in [-0.05, 0) is 25.3 Å². The van der Waals surface area contributed by atoms with Crippen molar-refractivity contribution < 1.29 is 14.3 Å². The Kier molecular flexibility index (Phi) is 5.53. The highest BCUT2D eigenvalue weighted by molar-refractivity contribution is 6.04. The summed E-state index contributed by atoms with van der Waals surface area (Å²) >= 11 is 0. The molecule has 7 nitrogen and oxygen atoms in total. The summed E-state index contributed by atoms with van der Waals surface area (Å²) in [6, 6.07) is 10.4. The number of carbonyl (C=O) groups is 1. The zero-order valence-corrected chi connectivity index (χ0v) is 15.9. The Hall–Kier alpha value is -2.93. The van der Waals surface area contributed by atoms with E-state index in [2.05, 4.69) is 27.5 Å². The summed E-state index contributed by atoms with van der Waals surface area (Å²) in [6.45, 7) is 4.17. The second-order valence-electron chi connectivity index (χ2n) is 6.82. The third-order valence-corrected chi connectivity index (χ3v) is 4.91. The van der Waals surface area contributed by atoms with Crippen LogP contribution in [0.25, 0.3) is 11.0 Å². The number of fused-ring (bicyclic) bond motifs is 1. The Balaban J connectivity index is 1.72. The predicted octanol–water partition coefficient (Wildman–Crippen LogP) is 3.25. The number of benzene rings is 1. The fraction of sp³-hybridized carbons (Fsp3) is 0.381. The van der Waals surface area contributed by atoms with Crippen molar-refractivity contribution in [3.05, 3.63) is 53.9 Å². The molecular formula is C21H24N4O3. The monoisotopic (exact) mass is 380 g/mol. The fourth-order valence-electron chi connectivity index (χ4n) is 3.46. The summed E-state index contributed by atoms with van der Waals surface area (Å²) in [6.07, 6.45) is 5.15. The molecule has 1 fully saturated rings. The van der Waals surface area contributed by atoms with Crippen LogP contribution in [0.3, 0.4) is 0 Å². The minimum atomic E-state index is -0.373. The first-order valence-corrected chi connectivity index (χ1v) is 9.66. The van der Waals surface area contributed by atoms with Crippen molar-refractivity contribution >= 4 is 22.7 Å². The molecule has 3 aromatic rings. The zero-order chi connectivity index (χ0) is 19.3. The van der Waals surface area contributed by atoms with Crippen molar-refractivity contribution in [2.45, 2.75) is 32.4 Å². The van der Waals surface area contributed by atoms with Gasteiger partial charge in [-0.3, -0.25) is 0 Å². The molecule has 1 aliphatic heterocycles. The second kappa shape index (κ2) is 8.39. The molecule has 1 aliphatic rings. The summed E-state index contributed by atoms with van der Waals surface area (Å²) < 4.78 is 12.5. The van der Waals surface area contributed by atoms with Crippen molar-refractivity contribution in [2.75, 3.05) is 25.1 Å². The van der Waals surface area contributed by atoms with Crippen molar-refractivity contribution in [3.63, 3.8) is 0 Å². The first-order chi connectivity index (χ1) is 13.8. The molecule has 1 saturated heterocycles. The molecule has 0 saturated carbocycles. The zero-order valence-electron chi connectivity index (χ0n) is 15.9. The maximum Gasteiger partial charge on any atom is 0.341 e. The van der Waals surface area contributed by atoms with Crippen LogP contribution in [0.1, 0.15) is 35.7 Å². The number of esters is 1. The van der Waals surface area contributed by atoms with Crippen LogP contribution < -0.4 is 5.32 Å². The van der Waals surface area contributed by atoms with Crippen LogP contribution in [0, 0.1) is 0 Å². The van der Waals surface area contributed by atoms with E-state index in [4.69, 9.17) is 9.47 Å². The smallest absolute Gasteiger partial charge is 0.341 e. The number of nitrogens with zero attached hydrogens (tertiary/aromatic N) is 3. The van der Waals surface area contributed by atoms with Gasteiger partial charge in [0.2, 0.25) is 0 Å². The minimum Gasteiger partial charge on any atom is -0.462 e. The molecule has 0 radical (unpaired) electrons. The van der Waals surface area contributed by atoms with Gasteiger partial charge in [0.05, 0.1) is 30.4 Å². The number of ether oxygens (including phenoxy) is 2. The van der Waals surface area contributed by atoms with E-state index in [1.807, 2.05) is 22.9 Å². The molecule has 0 bridgehead atoms. The highest BCUT2D eigenvalue weighted by Gasteiger charge is 2.22. The quantitative estimate of drug-likeness (QED) is 0.662. The van der Waals surface area contributed by atoms with E-state index in [0.717, 1.165) is 35.1 Å². The molecule has 0 atom stereocenters. The van der Waals surface area contributed by atoms with Crippen LogP contribution in [0.5, 0.6) is 0 Å². The Morgan fingerprint density at radius 1 is 1.25 bits per heavy atom. The largest absolute Gasteiger partial charge is 0.462 e. The molecule has 1 N–H and O–H groups in total. The Morgan fingerprint density at radius 2 is 2.04 bits per heavy atom. The average Bonchev–Trinajstić information content (AvgIpc) is 3.13. The third kappa shape index (κ3) is 3.84. The lowest BCUT2D eigenvalue weighted by Gasteiger charge is -2.25. The number of hydrogen-bond donors (Lipinski definition) is 1. The summed E-state index contributed by atoms with van der Waals surface area (Å²) in [5.41, 5.74) is 3.07. The average molecular weight is 380 g/mol. The molecule has 146 valence electrons. The number of anilines is 1. The molecule has 0 amide bonds. The molecule has 1 aromatic carbocycles. The highest BCUT2D eigenvalue weighted by atomic mass is 16.5. The van der Waals surface area contributed by atoms with Gasteiger partial charge in [-0.25, -0.2) is 14.5 Å². The number of rotatable bonds is 6. The number of pyridine rings is 1. The van der Waals surface area contributed by atoms with Crippen LogP contribution >= 0.6 is 0 Å². The van der Waals surface area contributed by atoms with E-state index in [9.17, 15) is 4.79 Å². The maximum atomic E-state index is 12.5. The molecule has 0 unspecified atom stereocenters. The number of nitrogens with one attached hydrogen (secondary N) is 1. The standard InChI is InChI=1S/C21H24N4O3/c1-2-28-21(26)18-12-22-20-17(19(18)24-16-8-10-27-11-9-16)13-23-25(20)14-15-6-4-3-5-7-15/h3-7,12-13,16H,2,8-11,14H2,1H3,(H,22,24). The number of hydrogen-bond acceptors (Lipinski definition) is 6. The van der Waals surface area contributed by atoms with E-state index in [1.165, 1.54) is 0 Å². The van der Waals surface area contributed by atoms with Crippen LogP contribution in [0.15, 0.2) is 42.7 Å². The van der Waals surface area contributed by atoms with Gasteiger partial charge >= 0.3 is 5.97 Å². The van der Waals surface area contributed by atoms with Gasteiger partial charge in [0.25, 0.3) is 0 Å². The number of aromatic nitrogens is 3. The van der Waals surface area contributed by atoms with E-state index < -0.39 is 0 Å². The van der Waals surface area contributed by atoms with Gasteiger partial charge in [-0.15, -0.1) is 0 Å². The van der Waals surface area contributed by atoms with E-state index >= 15 is 0 Å². The second-order valence-corrected chi connectivity index (χ2v) is 6.82. The van der Waals surface area contributed by atoms with Crippen LogP contribution in [-0.2, 0) is 16.0 Å². The Morgan fingerprint density at radius 3 is 2.79 bits per heavy atom. The molecule has 3 heterocycles. The third-order valence-electron chi connectivity index (χ3n) is 4.91. The maximum absolute atomic E-state index is 12.5. The van der Waals surface area contributed by atoms with Crippen molar-refractivity contribution in [1.82, 2.24) is 14.8 Å².